The monoisotopic (exact) mass is 181 g/mol. The maximum Gasteiger partial charge on any atom is 0.328 e. The van der Waals surface area contributed by atoms with Gasteiger partial charge >= 0.3 is 5.97 Å². The summed E-state index contributed by atoms with van der Waals surface area (Å²) in [6, 6.07) is 0. The van der Waals surface area contributed by atoms with Gasteiger partial charge in [0.25, 0.3) is 0 Å². The molecule has 0 radical (unpaired) electrons. The molecule has 0 aromatic carbocycles. The molecule has 0 aliphatic rings. The fourth-order valence-corrected chi connectivity index (χ4v) is 0.650. The van der Waals surface area contributed by atoms with E-state index in [1.165, 1.54) is 12.4 Å². The van der Waals surface area contributed by atoms with Crippen molar-refractivity contribution < 1.29 is 14.7 Å². The number of carboxylic acid groups (broad SMARTS) is 1. The third kappa shape index (κ3) is 3.19. The summed E-state index contributed by atoms with van der Waals surface area (Å²) in [5, 5.41) is 16.7. The van der Waals surface area contributed by atoms with Gasteiger partial charge in [0, 0.05) is 18.3 Å². The number of aliphatic carboxylic acids is 1. The van der Waals surface area contributed by atoms with E-state index in [9.17, 15) is 9.59 Å². The van der Waals surface area contributed by atoms with Gasteiger partial charge in [0.15, 0.2) is 0 Å². The number of aromatic nitrogens is 2. The summed E-state index contributed by atoms with van der Waals surface area (Å²) in [6.45, 7) is 0. The molecule has 68 valence electrons. The van der Waals surface area contributed by atoms with Crippen LogP contribution in [0.25, 0.3) is 0 Å². The van der Waals surface area contributed by atoms with E-state index in [4.69, 9.17) is 5.11 Å². The Labute approximate surface area is 73.3 Å². The Morgan fingerprint density at radius 2 is 2.31 bits per heavy atom. The Morgan fingerprint density at radius 3 is 2.85 bits per heavy atom. The number of carboxylic acids is 1. The second kappa shape index (κ2) is 4.05. The molecule has 1 amide bonds. The van der Waals surface area contributed by atoms with Crippen LogP contribution in [0.15, 0.2) is 24.5 Å². The van der Waals surface area contributed by atoms with E-state index in [0.29, 0.717) is 5.69 Å². The molecular weight excluding hydrogens is 174 g/mol. The van der Waals surface area contributed by atoms with Crippen molar-refractivity contribution in [2.75, 3.05) is 5.32 Å². The second-order valence-corrected chi connectivity index (χ2v) is 2.15. The molecule has 6 heteroatoms. The lowest BCUT2D eigenvalue weighted by Gasteiger charge is -1.94. The van der Waals surface area contributed by atoms with Crippen LogP contribution in [-0.2, 0) is 9.59 Å². The third-order valence-corrected chi connectivity index (χ3v) is 1.14. The predicted octanol–water partition coefficient (Wildman–Crippen LogP) is -0.0110. The lowest BCUT2D eigenvalue weighted by Crippen LogP contribution is -2.07. The fourth-order valence-electron chi connectivity index (χ4n) is 0.650. The van der Waals surface area contributed by atoms with Crippen molar-refractivity contribution in [1.29, 1.82) is 0 Å². The van der Waals surface area contributed by atoms with Crippen LogP contribution in [0.2, 0.25) is 0 Å². The average molecular weight is 181 g/mol. The molecule has 0 aliphatic carbocycles. The van der Waals surface area contributed by atoms with Gasteiger partial charge in [-0.25, -0.2) is 4.79 Å². The maximum absolute atomic E-state index is 10.9. The van der Waals surface area contributed by atoms with Crippen LogP contribution in [0.3, 0.4) is 0 Å². The number of carbonyl (C=O) groups is 2. The molecule has 0 atom stereocenters. The first-order valence-electron chi connectivity index (χ1n) is 3.39. The van der Waals surface area contributed by atoms with Gasteiger partial charge in [-0.2, -0.15) is 5.10 Å². The molecule has 1 heterocycles. The first-order valence-corrected chi connectivity index (χ1v) is 3.39. The normalized spacial score (nSPS) is 10.2. The van der Waals surface area contributed by atoms with E-state index < -0.39 is 11.9 Å². The van der Waals surface area contributed by atoms with E-state index >= 15 is 0 Å². The molecule has 0 fully saturated rings. The third-order valence-electron chi connectivity index (χ3n) is 1.14. The average Bonchev–Trinajstić information content (AvgIpc) is 2.53. The van der Waals surface area contributed by atoms with E-state index in [-0.39, 0.29) is 0 Å². The number of hydrogen-bond donors (Lipinski definition) is 3. The fraction of sp³-hybridized carbons (Fsp3) is 0. The Balaban J connectivity index is 2.47. The molecule has 0 saturated heterocycles. The van der Waals surface area contributed by atoms with Crippen molar-refractivity contribution in [2.45, 2.75) is 0 Å². The summed E-state index contributed by atoms with van der Waals surface area (Å²) < 4.78 is 0. The molecule has 6 nitrogen and oxygen atoms in total. The van der Waals surface area contributed by atoms with E-state index in [1.54, 1.807) is 0 Å². The standard InChI is InChI=1S/C7H7N3O3/c11-6(1-2-7(12)13)10-5-3-8-9-4-5/h1-4H,(H,8,9)(H,10,11)(H,12,13)/b2-1+. The highest BCUT2D eigenvalue weighted by molar-refractivity contribution is 6.02. The predicted molar refractivity (Wildman–Crippen MR) is 44.0 cm³/mol. The molecular formula is C7H7N3O3. The van der Waals surface area contributed by atoms with Gasteiger partial charge in [-0.3, -0.25) is 9.89 Å². The lowest BCUT2D eigenvalue weighted by molar-refractivity contribution is -0.131. The number of carbonyl (C=O) groups excluding carboxylic acids is 1. The maximum atomic E-state index is 10.9. The molecule has 0 spiro atoms. The van der Waals surface area contributed by atoms with Gasteiger partial charge < -0.3 is 10.4 Å². The molecule has 1 aromatic rings. The number of amides is 1. The lowest BCUT2D eigenvalue weighted by atomic mass is 10.4. The number of hydrogen-bond acceptors (Lipinski definition) is 3. The Bertz CT molecular complexity index is 329. The van der Waals surface area contributed by atoms with E-state index in [1.807, 2.05) is 0 Å². The van der Waals surface area contributed by atoms with E-state index in [0.717, 1.165) is 12.2 Å². The highest BCUT2D eigenvalue weighted by Gasteiger charge is 1.98. The molecule has 3 N–H and O–H groups in total. The number of rotatable bonds is 3. The summed E-state index contributed by atoms with van der Waals surface area (Å²) in [6.07, 6.45) is 4.57. The minimum absolute atomic E-state index is 0.486. The number of nitrogens with one attached hydrogen (secondary N) is 2. The molecule has 0 bridgehead atoms. The van der Waals surface area contributed by atoms with Gasteiger partial charge in [0.2, 0.25) is 5.91 Å². The number of H-pyrrole nitrogens is 1. The minimum Gasteiger partial charge on any atom is -0.478 e. The zero-order chi connectivity index (χ0) is 9.68. The van der Waals surface area contributed by atoms with Crippen molar-refractivity contribution in [1.82, 2.24) is 10.2 Å². The summed E-state index contributed by atoms with van der Waals surface area (Å²) in [4.78, 5) is 20.9. The van der Waals surface area contributed by atoms with Crippen molar-refractivity contribution in [3.63, 3.8) is 0 Å². The van der Waals surface area contributed by atoms with Crippen LogP contribution < -0.4 is 5.32 Å². The Morgan fingerprint density at radius 1 is 1.54 bits per heavy atom. The quantitative estimate of drug-likeness (QED) is 0.571. The van der Waals surface area contributed by atoms with Gasteiger partial charge in [-0.05, 0) is 0 Å². The molecule has 0 aliphatic heterocycles. The zero-order valence-corrected chi connectivity index (χ0v) is 6.52. The minimum atomic E-state index is -1.16. The smallest absolute Gasteiger partial charge is 0.328 e. The highest BCUT2D eigenvalue weighted by Crippen LogP contribution is 2.00. The summed E-state index contributed by atoms with van der Waals surface area (Å²) in [5.74, 6) is -1.67. The number of aromatic amines is 1. The van der Waals surface area contributed by atoms with E-state index in [2.05, 4.69) is 15.5 Å². The van der Waals surface area contributed by atoms with Gasteiger partial charge in [-0.15, -0.1) is 0 Å². The molecule has 1 rings (SSSR count). The van der Waals surface area contributed by atoms with Crippen molar-refractivity contribution in [3.8, 4) is 0 Å². The summed E-state index contributed by atoms with van der Waals surface area (Å²) >= 11 is 0. The Hall–Kier alpha value is -2.11. The zero-order valence-electron chi connectivity index (χ0n) is 6.52. The molecule has 13 heavy (non-hydrogen) atoms. The van der Waals surface area contributed by atoms with Crippen molar-refractivity contribution >= 4 is 17.6 Å². The SMILES string of the molecule is O=C(O)/C=C/C(=O)Nc1cn[nH]c1. The highest BCUT2D eigenvalue weighted by atomic mass is 16.4. The summed E-state index contributed by atoms with van der Waals surface area (Å²) in [7, 11) is 0. The van der Waals surface area contributed by atoms with Gasteiger partial charge in [0.1, 0.15) is 0 Å². The van der Waals surface area contributed by atoms with Crippen LogP contribution in [0, 0.1) is 0 Å². The van der Waals surface area contributed by atoms with Crippen LogP contribution in [0.4, 0.5) is 5.69 Å². The number of anilines is 1. The molecule has 1 aromatic heterocycles. The van der Waals surface area contributed by atoms with Crippen molar-refractivity contribution in [3.05, 3.63) is 24.5 Å². The van der Waals surface area contributed by atoms with Crippen LogP contribution in [0.5, 0.6) is 0 Å². The second-order valence-electron chi connectivity index (χ2n) is 2.15. The Kier molecular flexibility index (Phi) is 2.80. The topological polar surface area (TPSA) is 95.1 Å². The molecule has 0 unspecified atom stereocenters. The first kappa shape index (κ1) is 8.98. The van der Waals surface area contributed by atoms with Crippen LogP contribution in [-0.4, -0.2) is 27.2 Å². The molecule has 0 saturated carbocycles. The van der Waals surface area contributed by atoms with Crippen molar-refractivity contribution in [2.24, 2.45) is 0 Å². The van der Waals surface area contributed by atoms with Gasteiger partial charge in [0.05, 0.1) is 11.9 Å². The van der Waals surface area contributed by atoms with Crippen LogP contribution in [0.1, 0.15) is 0 Å². The summed E-state index contributed by atoms with van der Waals surface area (Å²) in [5.41, 5.74) is 0.486. The first-order chi connectivity index (χ1) is 6.18. The largest absolute Gasteiger partial charge is 0.478 e. The number of nitrogens with zero attached hydrogens (tertiary/aromatic N) is 1. The van der Waals surface area contributed by atoms with Gasteiger partial charge in [-0.1, -0.05) is 0 Å². The van der Waals surface area contributed by atoms with Crippen LogP contribution >= 0.6 is 0 Å².